The molecule has 0 atom stereocenters. The van der Waals surface area contributed by atoms with Gasteiger partial charge in [-0.25, -0.2) is 4.98 Å². The molecule has 98 valence electrons. The number of hydrogen-bond donors (Lipinski definition) is 2. The number of aliphatic hydroxyl groups is 1. The lowest BCUT2D eigenvalue weighted by Gasteiger charge is -2.07. The number of rotatable bonds is 8. The molecule has 4 nitrogen and oxygen atoms in total. The number of aliphatic hydroxyl groups excluding tert-OH is 1. The lowest BCUT2D eigenvalue weighted by Crippen LogP contribution is -2.09. The second-order valence-corrected chi connectivity index (χ2v) is 5.40. The molecule has 1 heterocycles. The van der Waals surface area contributed by atoms with Gasteiger partial charge in [-0.05, 0) is 27.2 Å². The van der Waals surface area contributed by atoms with Gasteiger partial charge in [0.2, 0.25) is 0 Å². The Bertz CT molecular complexity index is 326. The summed E-state index contributed by atoms with van der Waals surface area (Å²) in [7, 11) is 0. The zero-order chi connectivity index (χ0) is 12.7. The number of aromatic nitrogens is 1. The molecule has 0 radical (unpaired) electrons. The summed E-state index contributed by atoms with van der Waals surface area (Å²) in [5.74, 6) is 0. The molecule has 1 aromatic rings. The quantitative estimate of drug-likeness (QED) is 0.702. The van der Waals surface area contributed by atoms with Gasteiger partial charge in [0.05, 0.1) is 11.8 Å². The van der Waals surface area contributed by atoms with Gasteiger partial charge < -0.3 is 15.2 Å². The molecule has 17 heavy (non-hydrogen) atoms. The fourth-order valence-electron chi connectivity index (χ4n) is 1.43. The summed E-state index contributed by atoms with van der Waals surface area (Å²) >= 11 is 1.64. The van der Waals surface area contributed by atoms with Gasteiger partial charge in [-0.15, -0.1) is 11.3 Å². The zero-order valence-electron chi connectivity index (χ0n) is 10.8. The van der Waals surface area contributed by atoms with Crippen molar-refractivity contribution < 1.29 is 9.84 Å². The first kappa shape index (κ1) is 14.4. The van der Waals surface area contributed by atoms with Crippen molar-refractivity contribution in [3.63, 3.8) is 0 Å². The van der Waals surface area contributed by atoms with Gasteiger partial charge in [-0.3, -0.25) is 0 Å². The minimum absolute atomic E-state index is 0.159. The molecule has 0 bridgehead atoms. The molecule has 0 saturated heterocycles. The molecule has 0 aliphatic heterocycles. The fourth-order valence-corrected chi connectivity index (χ4v) is 2.31. The van der Waals surface area contributed by atoms with Gasteiger partial charge in [0.15, 0.2) is 5.13 Å². The molecule has 0 saturated carbocycles. The van der Waals surface area contributed by atoms with Crippen molar-refractivity contribution in [2.24, 2.45) is 0 Å². The highest BCUT2D eigenvalue weighted by atomic mass is 32.1. The van der Waals surface area contributed by atoms with Gasteiger partial charge in [-0.2, -0.15) is 0 Å². The van der Waals surface area contributed by atoms with Crippen LogP contribution in [0, 0.1) is 6.92 Å². The molecule has 0 aliphatic rings. The SMILES string of the molecule is Cc1sc(NCCCOC(C)C)nc1CCO. The summed E-state index contributed by atoms with van der Waals surface area (Å²) in [5, 5.41) is 13.1. The van der Waals surface area contributed by atoms with Crippen LogP contribution in [0.25, 0.3) is 0 Å². The molecular formula is C12H22N2O2S. The average Bonchev–Trinajstić information content (AvgIpc) is 2.59. The first-order chi connectivity index (χ1) is 8.13. The zero-order valence-corrected chi connectivity index (χ0v) is 11.6. The van der Waals surface area contributed by atoms with Crippen molar-refractivity contribution in [3.8, 4) is 0 Å². The van der Waals surface area contributed by atoms with Crippen molar-refractivity contribution in [2.75, 3.05) is 25.1 Å². The molecule has 1 aromatic heterocycles. The summed E-state index contributed by atoms with van der Waals surface area (Å²) < 4.78 is 5.46. The Hall–Kier alpha value is -0.650. The van der Waals surface area contributed by atoms with Crippen LogP contribution >= 0.6 is 11.3 Å². The molecule has 0 fully saturated rings. The third kappa shape index (κ3) is 5.48. The molecule has 0 unspecified atom stereocenters. The van der Waals surface area contributed by atoms with Crippen molar-refractivity contribution in [3.05, 3.63) is 10.6 Å². The molecular weight excluding hydrogens is 236 g/mol. The second-order valence-electron chi connectivity index (χ2n) is 4.20. The third-order valence-electron chi connectivity index (χ3n) is 2.29. The van der Waals surface area contributed by atoms with Crippen LogP contribution in [0.2, 0.25) is 0 Å². The van der Waals surface area contributed by atoms with E-state index in [4.69, 9.17) is 9.84 Å². The summed E-state index contributed by atoms with van der Waals surface area (Å²) in [6, 6.07) is 0. The Morgan fingerprint density at radius 1 is 1.47 bits per heavy atom. The van der Waals surface area contributed by atoms with E-state index in [-0.39, 0.29) is 6.61 Å². The molecule has 0 spiro atoms. The number of nitrogens with one attached hydrogen (secondary N) is 1. The molecule has 2 N–H and O–H groups in total. The Morgan fingerprint density at radius 3 is 2.88 bits per heavy atom. The monoisotopic (exact) mass is 258 g/mol. The lowest BCUT2D eigenvalue weighted by molar-refractivity contribution is 0.0787. The van der Waals surface area contributed by atoms with Crippen LogP contribution in [0.3, 0.4) is 0 Å². The summed E-state index contributed by atoms with van der Waals surface area (Å²) in [6.45, 7) is 7.93. The number of ether oxygens (including phenoxy) is 1. The standard InChI is InChI=1S/C12H22N2O2S/c1-9(2)16-8-4-6-13-12-14-11(5-7-15)10(3)17-12/h9,15H,4-8H2,1-3H3,(H,13,14). The van der Waals surface area contributed by atoms with Crippen LogP contribution in [0.4, 0.5) is 5.13 Å². The van der Waals surface area contributed by atoms with Crippen LogP contribution in [0.15, 0.2) is 0 Å². The van der Waals surface area contributed by atoms with Gasteiger partial charge in [0.1, 0.15) is 0 Å². The summed E-state index contributed by atoms with van der Waals surface area (Å²) in [6.07, 6.45) is 1.92. The van der Waals surface area contributed by atoms with E-state index in [0.717, 1.165) is 30.4 Å². The maximum Gasteiger partial charge on any atom is 0.183 e. The van der Waals surface area contributed by atoms with Gasteiger partial charge in [0.25, 0.3) is 0 Å². The summed E-state index contributed by atoms with van der Waals surface area (Å²) in [5.41, 5.74) is 0.999. The minimum Gasteiger partial charge on any atom is -0.396 e. The van der Waals surface area contributed by atoms with Crippen LogP contribution < -0.4 is 5.32 Å². The minimum atomic E-state index is 0.159. The topological polar surface area (TPSA) is 54.4 Å². The highest BCUT2D eigenvalue weighted by Crippen LogP contribution is 2.22. The number of nitrogens with zero attached hydrogens (tertiary/aromatic N) is 1. The second kappa shape index (κ2) is 7.63. The van der Waals surface area contributed by atoms with Crippen LogP contribution in [-0.2, 0) is 11.2 Å². The Labute approximate surface area is 107 Å². The normalized spacial score (nSPS) is 11.1. The largest absolute Gasteiger partial charge is 0.396 e. The van der Waals surface area contributed by atoms with E-state index >= 15 is 0 Å². The van der Waals surface area contributed by atoms with E-state index in [9.17, 15) is 0 Å². The van der Waals surface area contributed by atoms with Gasteiger partial charge >= 0.3 is 0 Å². The summed E-state index contributed by atoms with van der Waals surface area (Å²) in [4.78, 5) is 5.62. The number of hydrogen-bond acceptors (Lipinski definition) is 5. The predicted octanol–water partition coefficient (Wildman–Crippen LogP) is 2.21. The van der Waals surface area contributed by atoms with Gasteiger partial charge in [0, 0.05) is 31.1 Å². The van der Waals surface area contributed by atoms with E-state index in [1.165, 1.54) is 4.88 Å². The molecule has 0 aromatic carbocycles. The number of aryl methyl sites for hydroxylation is 1. The average molecular weight is 258 g/mol. The van der Waals surface area contributed by atoms with Crippen molar-refractivity contribution in [1.29, 1.82) is 0 Å². The van der Waals surface area contributed by atoms with Crippen LogP contribution in [0.1, 0.15) is 30.8 Å². The molecule has 1 rings (SSSR count). The maximum absolute atomic E-state index is 8.88. The maximum atomic E-state index is 8.88. The Morgan fingerprint density at radius 2 is 2.24 bits per heavy atom. The highest BCUT2D eigenvalue weighted by Gasteiger charge is 2.06. The van der Waals surface area contributed by atoms with Gasteiger partial charge in [-0.1, -0.05) is 0 Å². The van der Waals surface area contributed by atoms with Crippen molar-refractivity contribution >= 4 is 16.5 Å². The predicted molar refractivity (Wildman–Crippen MR) is 71.8 cm³/mol. The number of thiazole rings is 1. The van der Waals surface area contributed by atoms with E-state index < -0.39 is 0 Å². The Balaban J connectivity index is 2.25. The first-order valence-corrected chi connectivity index (χ1v) is 6.87. The smallest absolute Gasteiger partial charge is 0.183 e. The van der Waals surface area contributed by atoms with Crippen LogP contribution in [0.5, 0.6) is 0 Å². The van der Waals surface area contributed by atoms with E-state index in [1.54, 1.807) is 11.3 Å². The number of anilines is 1. The molecule has 5 heteroatoms. The highest BCUT2D eigenvalue weighted by molar-refractivity contribution is 7.15. The lowest BCUT2D eigenvalue weighted by atomic mass is 10.3. The van der Waals surface area contributed by atoms with Crippen LogP contribution in [-0.4, -0.2) is 36.0 Å². The van der Waals surface area contributed by atoms with Crippen molar-refractivity contribution in [1.82, 2.24) is 4.98 Å². The van der Waals surface area contributed by atoms with E-state index in [0.29, 0.717) is 12.5 Å². The van der Waals surface area contributed by atoms with Crippen molar-refractivity contribution in [2.45, 2.75) is 39.7 Å². The third-order valence-corrected chi connectivity index (χ3v) is 3.26. The fraction of sp³-hybridized carbons (Fsp3) is 0.750. The first-order valence-electron chi connectivity index (χ1n) is 6.06. The van der Waals surface area contributed by atoms with E-state index in [2.05, 4.69) is 10.3 Å². The molecule has 0 aliphatic carbocycles. The Kier molecular flexibility index (Phi) is 6.47. The van der Waals surface area contributed by atoms with E-state index in [1.807, 2.05) is 20.8 Å². The molecule has 0 amide bonds.